The van der Waals surface area contributed by atoms with Crippen LogP contribution in [0.3, 0.4) is 0 Å². The van der Waals surface area contributed by atoms with E-state index in [-0.39, 0.29) is 4.38 Å². The summed E-state index contributed by atoms with van der Waals surface area (Å²) in [6, 6.07) is 0. The van der Waals surface area contributed by atoms with Gasteiger partial charge in [-0.25, -0.2) is 0 Å². The van der Waals surface area contributed by atoms with Gasteiger partial charge in [-0.1, -0.05) is 122 Å². The lowest BCUT2D eigenvalue weighted by Crippen LogP contribution is -1.98. The lowest BCUT2D eigenvalue weighted by Gasteiger charge is -2.04. The van der Waals surface area contributed by atoms with Crippen LogP contribution in [0.15, 0.2) is 0 Å². The monoisotopic (exact) mass is 376 g/mol. The zero-order valence-corrected chi connectivity index (χ0v) is 17.6. The van der Waals surface area contributed by atoms with Crippen molar-refractivity contribution in [2.24, 2.45) is 0 Å². The van der Waals surface area contributed by atoms with E-state index in [1.54, 1.807) is 0 Å². The molecular weight excluding hydrogens is 336 g/mol. The SMILES string of the molecule is CCCCCCCCCCCCCCCCCCCOOC(=S)S. The molecule has 0 aliphatic carbocycles. The first-order valence-electron chi connectivity index (χ1n) is 10.3. The fourth-order valence-electron chi connectivity index (χ4n) is 2.98. The zero-order valence-electron chi connectivity index (χ0n) is 15.9. The largest absolute Gasteiger partial charge is 0.319 e. The molecule has 0 saturated carbocycles. The average molecular weight is 377 g/mol. The van der Waals surface area contributed by atoms with Gasteiger partial charge in [-0.3, -0.25) is 0 Å². The van der Waals surface area contributed by atoms with Gasteiger partial charge in [-0.05, 0) is 18.6 Å². The van der Waals surface area contributed by atoms with Crippen LogP contribution in [0.5, 0.6) is 0 Å². The molecule has 0 amide bonds. The lowest BCUT2D eigenvalue weighted by atomic mass is 10.0. The molecule has 0 aliphatic heterocycles. The summed E-state index contributed by atoms with van der Waals surface area (Å²) in [6.07, 6.45) is 23.5. The van der Waals surface area contributed by atoms with Crippen LogP contribution in [0, 0.1) is 0 Å². The molecule has 0 aromatic rings. The van der Waals surface area contributed by atoms with Crippen molar-refractivity contribution in [3.8, 4) is 0 Å². The van der Waals surface area contributed by atoms with E-state index in [9.17, 15) is 0 Å². The van der Waals surface area contributed by atoms with Crippen molar-refractivity contribution in [2.75, 3.05) is 6.61 Å². The van der Waals surface area contributed by atoms with Crippen molar-refractivity contribution in [3.63, 3.8) is 0 Å². The maximum absolute atomic E-state index is 4.90. The van der Waals surface area contributed by atoms with Crippen LogP contribution in [0.1, 0.15) is 116 Å². The van der Waals surface area contributed by atoms with E-state index >= 15 is 0 Å². The highest BCUT2D eigenvalue weighted by Gasteiger charge is 1.95. The van der Waals surface area contributed by atoms with Crippen LogP contribution >= 0.6 is 24.8 Å². The van der Waals surface area contributed by atoms with Gasteiger partial charge in [0.1, 0.15) is 0 Å². The van der Waals surface area contributed by atoms with Crippen LogP contribution in [0.2, 0.25) is 0 Å². The minimum atomic E-state index is 0.155. The van der Waals surface area contributed by atoms with Crippen molar-refractivity contribution >= 4 is 29.2 Å². The van der Waals surface area contributed by atoms with Gasteiger partial charge in [-0.15, -0.1) is 0 Å². The van der Waals surface area contributed by atoms with Crippen LogP contribution in [0.4, 0.5) is 0 Å². The number of hydrogen-bond donors (Lipinski definition) is 1. The predicted octanol–water partition coefficient (Wildman–Crippen LogP) is 7.80. The van der Waals surface area contributed by atoms with E-state index in [4.69, 9.17) is 4.89 Å². The summed E-state index contributed by atoms with van der Waals surface area (Å²) < 4.78 is 0.155. The summed E-state index contributed by atoms with van der Waals surface area (Å²) in [5, 5.41) is 0. The molecule has 0 rings (SSSR count). The van der Waals surface area contributed by atoms with Crippen molar-refractivity contribution in [1.29, 1.82) is 0 Å². The van der Waals surface area contributed by atoms with Crippen LogP contribution in [0.25, 0.3) is 0 Å². The maximum Gasteiger partial charge on any atom is 0.260 e. The van der Waals surface area contributed by atoms with E-state index in [1.807, 2.05) is 0 Å². The van der Waals surface area contributed by atoms with E-state index in [0.29, 0.717) is 6.61 Å². The number of thiocarbonyl (C=S) groups is 1. The predicted molar refractivity (Wildman–Crippen MR) is 113 cm³/mol. The quantitative estimate of drug-likeness (QED) is 0.0815. The number of thiol groups is 1. The lowest BCUT2D eigenvalue weighted by molar-refractivity contribution is -0.216. The van der Waals surface area contributed by atoms with Crippen molar-refractivity contribution in [2.45, 2.75) is 116 Å². The third-order valence-electron chi connectivity index (χ3n) is 4.46. The smallest absolute Gasteiger partial charge is 0.260 e. The van der Waals surface area contributed by atoms with E-state index in [1.165, 1.54) is 103 Å². The Balaban J connectivity index is 2.97. The number of rotatable bonds is 19. The number of unbranched alkanes of at least 4 members (excludes halogenated alkanes) is 16. The topological polar surface area (TPSA) is 18.5 Å². The van der Waals surface area contributed by atoms with Crippen LogP contribution < -0.4 is 0 Å². The first-order valence-corrected chi connectivity index (χ1v) is 11.1. The standard InChI is InChI=1S/C20H40O2S2/c1-2-3-4-5-6-7-8-9-10-11-12-13-14-15-16-17-18-19-21-22-20(23)24/h2-19H2,1H3,(H,23,24). The molecule has 0 radical (unpaired) electrons. The normalized spacial score (nSPS) is 10.9. The highest BCUT2D eigenvalue weighted by molar-refractivity contribution is 8.10. The average Bonchev–Trinajstić information content (AvgIpc) is 2.56. The molecule has 0 saturated heterocycles. The Kier molecular flexibility index (Phi) is 21.4. The fraction of sp³-hybridized carbons (Fsp3) is 0.950. The molecule has 2 nitrogen and oxygen atoms in total. The molecule has 0 bridgehead atoms. The molecule has 0 N–H and O–H groups in total. The zero-order chi connectivity index (χ0) is 17.7. The Hall–Kier alpha value is 0.200. The second kappa shape index (κ2) is 21.2. The Labute approximate surface area is 161 Å². The van der Waals surface area contributed by atoms with Gasteiger partial charge in [0.25, 0.3) is 4.38 Å². The maximum atomic E-state index is 4.90. The molecular formula is C20H40O2S2. The molecule has 4 heteroatoms. The van der Waals surface area contributed by atoms with Gasteiger partial charge in [-0.2, -0.15) is 4.89 Å². The second-order valence-electron chi connectivity index (χ2n) is 6.83. The minimum absolute atomic E-state index is 0.155. The highest BCUT2D eigenvalue weighted by Crippen LogP contribution is 2.14. The third kappa shape index (κ3) is 22.2. The van der Waals surface area contributed by atoms with Gasteiger partial charge >= 0.3 is 0 Å². The van der Waals surface area contributed by atoms with E-state index < -0.39 is 0 Å². The van der Waals surface area contributed by atoms with Crippen molar-refractivity contribution in [3.05, 3.63) is 0 Å². The third-order valence-corrected chi connectivity index (χ3v) is 4.60. The summed E-state index contributed by atoms with van der Waals surface area (Å²) in [5.41, 5.74) is 0. The van der Waals surface area contributed by atoms with Crippen molar-refractivity contribution < 1.29 is 9.78 Å². The Morgan fingerprint density at radius 3 is 1.29 bits per heavy atom. The Morgan fingerprint density at radius 1 is 0.625 bits per heavy atom. The highest BCUT2D eigenvalue weighted by atomic mass is 32.1. The molecule has 24 heavy (non-hydrogen) atoms. The molecule has 0 heterocycles. The van der Waals surface area contributed by atoms with Gasteiger partial charge in [0.05, 0.1) is 6.61 Å². The van der Waals surface area contributed by atoms with Crippen LogP contribution in [-0.2, 0) is 9.78 Å². The van der Waals surface area contributed by atoms with E-state index in [0.717, 1.165) is 6.42 Å². The minimum Gasteiger partial charge on any atom is -0.319 e. The van der Waals surface area contributed by atoms with Crippen LogP contribution in [-0.4, -0.2) is 11.0 Å². The molecule has 0 aliphatic rings. The summed E-state index contributed by atoms with van der Waals surface area (Å²) in [7, 11) is 0. The van der Waals surface area contributed by atoms with Gasteiger partial charge in [0, 0.05) is 0 Å². The summed E-state index contributed by atoms with van der Waals surface area (Å²) in [4.78, 5) is 9.57. The molecule has 0 aromatic heterocycles. The second-order valence-corrected chi connectivity index (χ2v) is 7.91. The summed E-state index contributed by atoms with van der Waals surface area (Å²) in [6.45, 7) is 2.90. The van der Waals surface area contributed by atoms with Gasteiger partial charge in [0.2, 0.25) is 0 Å². The van der Waals surface area contributed by atoms with E-state index in [2.05, 4.69) is 36.7 Å². The molecule has 0 unspecified atom stereocenters. The molecule has 144 valence electrons. The number of hydrogen-bond acceptors (Lipinski definition) is 3. The Morgan fingerprint density at radius 2 is 0.958 bits per heavy atom. The first-order chi connectivity index (χ1) is 11.8. The first kappa shape index (κ1) is 24.2. The summed E-state index contributed by atoms with van der Waals surface area (Å²) in [5.74, 6) is 0. The molecule has 0 aromatic carbocycles. The fourth-order valence-corrected chi connectivity index (χ4v) is 3.08. The van der Waals surface area contributed by atoms with Gasteiger partial charge < -0.3 is 4.89 Å². The van der Waals surface area contributed by atoms with Crippen molar-refractivity contribution in [1.82, 2.24) is 0 Å². The molecule has 0 atom stereocenters. The molecule has 0 spiro atoms. The Bertz CT molecular complexity index is 260. The molecule has 0 fully saturated rings. The summed E-state index contributed by atoms with van der Waals surface area (Å²) >= 11 is 8.45. The van der Waals surface area contributed by atoms with Gasteiger partial charge in [0.15, 0.2) is 0 Å².